The molecule has 0 aliphatic carbocycles. The summed E-state index contributed by atoms with van der Waals surface area (Å²) in [6, 6.07) is 5.17. The van der Waals surface area contributed by atoms with Gasteiger partial charge in [-0.3, -0.25) is 9.78 Å². The number of rotatable bonds is 2. The molecule has 1 heterocycles. The Morgan fingerprint density at radius 1 is 1.60 bits per heavy atom. The van der Waals surface area contributed by atoms with Crippen molar-refractivity contribution >= 4 is 13.6 Å². The Morgan fingerprint density at radius 2 is 2.40 bits per heavy atom. The molecule has 0 N–H and O–H groups in total. The molecule has 0 amide bonds. The zero-order valence-corrected chi connectivity index (χ0v) is 5.45. The van der Waals surface area contributed by atoms with E-state index in [-0.39, 0.29) is 12.1 Å². The highest BCUT2D eigenvalue weighted by atomic mass is 16.1. The average Bonchev–Trinajstić information content (AvgIpc) is 2.05. The summed E-state index contributed by atoms with van der Waals surface area (Å²) in [5, 5.41) is 0. The van der Waals surface area contributed by atoms with Crippen LogP contribution in [0.25, 0.3) is 0 Å². The van der Waals surface area contributed by atoms with Gasteiger partial charge in [0.25, 0.3) is 0 Å². The summed E-state index contributed by atoms with van der Waals surface area (Å²) in [7, 11) is 5.11. The first-order valence-corrected chi connectivity index (χ1v) is 2.99. The van der Waals surface area contributed by atoms with Gasteiger partial charge in [-0.05, 0) is 18.5 Å². The minimum atomic E-state index is -0.124. The topological polar surface area (TPSA) is 30.0 Å². The first-order chi connectivity index (χ1) is 4.84. The number of aromatic nitrogens is 1. The van der Waals surface area contributed by atoms with Crippen molar-refractivity contribution in [3.8, 4) is 0 Å². The molecule has 0 saturated heterocycles. The van der Waals surface area contributed by atoms with Gasteiger partial charge in [0.1, 0.15) is 5.69 Å². The van der Waals surface area contributed by atoms with Gasteiger partial charge >= 0.3 is 0 Å². The fraction of sp³-hybridized carbons (Fsp3) is 0.143. The molecular weight excluding hydrogens is 125 g/mol. The van der Waals surface area contributed by atoms with E-state index in [2.05, 4.69) is 4.98 Å². The van der Waals surface area contributed by atoms with Gasteiger partial charge in [-0.2, -0.15) is 0 Å². The van der Waals surface area contributed by atoms with Gasteiger partial charge < -0.3 is 0 Å². The van der Waals surface area contributed by atoms with Crippen LogP contribution in [0.15, 0.2) is 24.4 Å². The number of Topliss-reactive ketones (excluding diaryl/α,β-unsaturated/α-hetero) is 1. The molecule has 2 radical (unpaired) electrons. The number of pyridine rings is 1. The van der Waals surface area contributed by atoms with Crippen LogP contribution >= 0.6 is 0 Å². The molecule has 1 rings (SSSR count). The van der Waals surface area contributed by atoms with E-state index >= 15 is 0 Å². The van der Waals surface area contributed by atoms with Crippen molar-refractivity contribution in [1.82, 2.24) is 4.98 Å². The van der Waals surface area contributed by atoms with Gasteiger partial charge in [0, 0.05) is 6.20 Å². The molecule has 0 aromatic carbocycles. The van der Waals surface area contributed by atoms with Crippen LogP contribution in [0.2, 0.25) is 6.32 Å². The van der Waals surface area contributed by atoms with Gasteiger partial charge in [0.15, 0.2) is 5.78 Å². The maximum absolute atomic E-state index is 10.8. The van der Waals surface area contributed by atoms with Crippen molar-refractivity contribution in [1.29, 1.82) is 0 Å². The SMILES string of the molecule is [B]CC(=O)c1ccccn1. The number of hydrogen-bond acceptors (Lipinski definition) is 2. The van der Waals surface area contributed by atoms with Crippen molar-refractivity contribution < 1.29 is 4.79 Å². The van der Waals surface area contributed by atoms with Gasteiger partial charge in [-0.25, -0.2) is 0 Å². The lowest BCUT2D eigenvalue weighted by molar-refractivity contribution is 0.101. The second kappa shape index (κ2) is 3.15. The molecule has 0 atom stereocenters. The molecule has 0 aliphatic heterocycles. The maximum atomic E-state index is 10.8. The normalized spacial score (nSPS) is 9.20. The third-order valence-electron chi connectivity index (χ3n) is 1.14. The molecule has 2 nitrogen and oxygen atoms in total. The lowest BCUT2D eigenvalue weighted by Gasteiger charge is -1.92. The Balaban J connectivity index is 2.85. The highest BCUT2D eigenvalue weighted by Crippen LogP contribution is 1.96. The predicted octanol–water partition coefficient (Wildman–Crippen LogP) is 0.851. The summed E-state index contributed by atoms with van der Waals surface area (Å²) in [6.07, 6.45) is 1.60. The van der Waals surface area contributed by atoms with Crippen LogP contribution in [0.3, 0.4) is 0 Å². The third kappa shape index (κ3) is 1.44. The van der Waals surface area contributed by atoms with Gasteiger partial charge in [0.05, 0.1) is 7.85 Å². The highest BCUT2D eigenvalue weighted by Gasteiger charge is 2.00. The van der Waals surface area contributed by atoms with Crippen LogP contribution in [0.4, 0.5) is 0 Å². The molecule has 0 bridgehead atoms. The highest BCUT2D eigenvalue weighted by molar-refractivity contribution is 6.23. The molecule has 0 spiro atoms. The Morgan fingerprint density at radius 3 is 2.90 bits per heavy atom. The zero-order chi connectivity index (χ0) is 7.40. The lowest BCUT2D eigenvalue weighted by Crippen LogP contribution is -1.99. The van der Waals surface area contributed by atoms with Gasteiger partial charge in [-0.1, -0.05) is 6.07 Å². The van der Waals surface area contributed by atoms with Crippen LogP contribution in [0.5, 0.6) is 0 Å². The monoisotopic (exact) mass is 131 g/mol. The van der Waals surface area contributed by atoms with Crippen molar-refractivity contribution in [2.45, 2.75) is 6.32 Å². The number of nitrogens with zero attached hydrogens (tertiary/aromatic N) is 1. The predicted molar refractivity (Wildman–Crippen MR) is 39.1 cm³/mol. The van der Waals surface area contributed by atoms with E-state index in [9.17, 15) is 4.79 Å². The van der Waals surface area contributed by atoms with Gasteiger partial charge in [-0.15, -0.1) is 0 Å². The Kier molecular flexibility index (Phi) is 2.21. The molecule has 0 fully saturated rings. The van der Waals surface area contributed by atoms with Crippen molar-refractivity contribution in [3.05, 3.63) is 30.1 Å². The molecule has 48 valence electrons. The van der Waals surface area contributed by atoms with E-state index in [0.29, 0.717) is 5.69 Å². The van der Waals surface area contributed by atoms with Crippen molar-refractivity contribution in [2.24, 2.45) is 0 Å². The van der Waals surface area contributed by atoms with Crippen molar-refractivity contribution in [2.75, 3.05) is 0 Å². The molecule has 3 heteroatoms. The van der Waals surface area contributed by atoms with Crippen LogP contribution in [0.1, 0.15) is 10.5 Å². The first kappa shape index (κ1) is 7.00. The van der Waals surface area contributed by atoms with Crippen LogP contribution < -0.4 is 0 Å². The van der Waals surface area contributed by atoms with E-state index in [1.54, 1.807) is 24.4 Å². The summed E-state index contributed by atoms with van der Waals surface area (Å²) in [5.74, 6) is -0.124. The quantitative estimate of drug-likeness (QED) is 0.439. The average molecular weight is 131 g/mol. The fourth-order valence-electron chi connectivity index (χ4n) is 0.632. The molecular formula is C7H6BNO. The van der Waals surface area contributed by atoms with E-state index in [1.807, 2.05) is 0 Å². The molecule has 10 heavy (non-hydrogen) atoms. The Hall–Kier alpha value is -1.12. The summed E-state index contributed by atoms with van der Waals surface area (Å²) in [4.78, 5) is 14.6. The largest absolute Gasteiger partial charge is 0.293 e. The summed E-state index contributed by atoms with van der Waals surface area (Å²) >= 11 is 0. The Bertz CT molecular complexity index is 222. The van der Waals surface area contributed by atoms with E-state index in [1.165, 1.54) is 0 Å². The molecule has 1 aromatic heterocycles. The second-order valence-corrected chi connectivity index (χ2v) is 1.84. The molecule has 0 aliphatic rings. The zero-order valence-electron chi connectivity index (χ0n) is 5.45. The molecule has 1 aromatic rings. The first-order valence-electron chi connectivity index (χ1n) is 2.99. The van der Waals surface area contributed by atoms with E-state index in [4.69, 9.17) is 7.85 Å². The minimum Gasteiger partial charge on any atom is -0.293 e. The number of hydrogen-bond donors (Lipinski definition) is 0. The van der Waals surface area contributed by atoms with E-state index in [0.717, 1.165) is 0 Å². The maximum Gasteiger partial charge on any atom is 0.172 e. The van der Waals surface area contributed by atoms with Crippen LogP contribution in [-0.4, -0.2) is 18.6 Å². The Labute approximate surface area is 60.7 Å². The fourth-order valence-corrected chi connectivity index (χ4v) is 0.632. The van der Waals surface area contributed by atoms with Crippen molar-refractivity contribution in [3.63, 3.8) is 0 Å². The minimum absolute atomic E-state index is 0.0248. The third-order valence-corrected chi connectivity index (χ3v) is 1.14. The number of ketones is 1. The summed E-state index contributed by atoms with van der Waals surface area (Å²) < 4.78 is 0. The van der Waals surface area contributed by atoms with Crippen LogP contribution in [-0.2, 0) is 0 Å². The number of carbonyl (C=O) groups is 1. The molecule has 0 saturated carbocycles. The number of carbonyl (C=O) groups excluding carboxylic acids is 1. The lowest BCUT2D eigenvalue weighted by atomic mass is 9.99. The smallest absolute Gasteiger partial charge is 0.172 e. The van der Waals surface area contributed by atoms with Crippen LogP contribution in [0, 0.1) is 0 Å². The molecule has 0 unspecified atom stereocenters. The summed E-state index contributed by atoms with van der Waals surface area (Å²) in [6.45, 7) is 0. The van der Waals surface area contributed by atoms with Gasteiger partial charge in [0.2, 0.25) is 0 Å². The summed E-state index contributed by atoms with van der Waals surface area (Å²) in [5.41, 5.74) is 0.435. The second-order valence-electron chi connectivity index (χ2n) is 1.84. The standard InChI is InChI=1S/C7H6BNO/c8-5-7(10)6-3-1-2-4-9-6/h1-4H,5H2. The van der Waals surface area contributed by atoms with E-state index < -0.39 is 0 Å².